The van der Waals surface area contributed by atoms with E-state index in [4.69, 9.17) is 4.74 Å². The number of rotatable bonds is 1. The molecule has 2 N–H and O–H groups in total. The minimum Gasteiger partial charge on any atom is -0.391 e. The van der Waals surface area contributed by atoms with E-state index in [-0.39, 0.29) is 6.10 Å². The largest absolute Gasteiger partial charge is 0.391 e. The topological polar surface area (TPSA) is 41.5 Å². The van der Waals surface area contributed by atoms with Gasteiger partial charge in [0.2, 0.25) is 0 Å². The maximum Gasteiger partial charge on any atom is 0.0741 e. The van der Waals surface area contributed by atoms with Crippen LogP contribution in [-0.2, 0) is 4.74 Å². The number of aliphatic hydroxyl groups excluding tert-OH is 1. The first-order chi connectivity index (χ1) is 5.88. The van der Waals surface area contributed by atoms with Crippen molar-refractivity contribution in [3.63, 3.8) is 0 Å². The highest BCUT2D eigenvalue weighted by atomic mass is 16.5. The molecular weight excluding hydrogens is 154 g/mol. The van der Waals surface area contributed by atoms with Crippen LogP contribution in [0.4, 0.5) is 0 Å². The maximum atomic E-state index is 9.60. The van der Waals surface area contributed by atoms with E-state index in [1.807, 2.05) is 0 Å². The number of β-amino-alcohol motifs (C(OH)–C–C–N with tert-alkyl or cyclic N) is 1. The molecular formula is C9H15NO2. The van der Waals surface area contributed by atoms with E-state index in [1.54, 1.807) is 0 Å². The molecule has 2 atom stereocenters. The van der Waals surface area contributed by atoms with Crippen LogP contribution >= 0.6 is 0 Å². The molecule has 2 aliphatic rings. The molecule has 0 amide bonds. The molecule has 2 rings (SSSR count). The average molecular weight is 169 g/mol. The van der Waals surface area contributed by atoms with Gasteiger partial charge in [-0.25, -0.2) is 0 Å². The molecule has 2 unspecified atom stereocenters. The first-order valence-corrected chi connectivity index (χ1v) is 4.53. The zero-order valence-electron chi connectivity index (χ0n) is 7.12. The second kappa shape index (κ2) is 3.56. The molecule has 0 aliphatic carbocycles. The molecule has 68 valence electrons. The molecule has 0 aromatic rings. The minimum absolute atomic E-state index is 0.186. The first-order valence-electron chi connectivity index (χ1n) is 4.53. The third-order valence-corrected chi connectivity index (χ3v) is 2.66. The zero-order valence-corrected chi connectivity index (χ0v) is 7.12. The molecule has 2 aliphatic heterocycles. The average Bonchev–Trinajstić information content (AvgIpc) is 2.53. The van der Waals surface area contributed by atoms with E-state index in [0.717, 1.165) is 32.7 Å². The van der Waals surface area contributed by atoms with Gasteiger partial charge in [0, 0.05) is 19.0 Å². The van der Waals surface area contributed by atoms with Crippen molar-refractivity contribution in [3.8, 4) is 0 Å². The van der Waals surface area contributed by atoms with E-state index in [9.17, 15) is 5.11 Å². The van der Waals surface area contributed by atoms with Gasteiger partial charge in [-0.05, 0) is 6.42 Å². The van der Waals surface area contributed by atoms with Crippen molar-refractivity contribution in [2.24, 2.45) is 5.92 Å². The summed E-state index contributed by atoms with van der Waals surface area (Å²) in [6.07, 6.45) is 2.92. The van der Waals surface area contributed by atoms with Crippen LogP contribution in [0.1, 0.15) is 6.42 Å². The Morgan fingerprint density at radius 3 is 3.00 bits per heavy atom. The normalized spacial score (nSPS) is 36.6. The van der Waals surface area contributed by atoms with Gasteiger partial charge < -0.3 is 15.2 Å². The Morgan fingerprint density at radius 2 is 2.42 bits per heavy atom. The van der Waals surface area contributed by atoms with Gasteiger partial charge in [0.05, 0.1) is 19.3 Å². The lowest BCUT2D eigenvalue weighted by Crippen LogP contribution is -2.22. The zero-order chi connectivity index (χ0) is 8.39. The lowest BCUT2D eigenvalue weighted by Gasteiger charge is -2.21. The molecule has 0 aromatic heterocycles. The van der Waals surface area contributed by atoms with E-state index in [2.05, 4.69) is 11.4 Å². The van der Waals surface area contributed by atoms with E-state index >= 15 is 0 Å². The third kappa shape index (κ3) is 1.53. The van der Waals surface area contributed by atoms with E-state index in [1.165, 1.54) is 5.57 Å². The predicted octanol–water partition coefficient (Wildman–Crippen LogP) is -0.0866. The Kier molecular flexibility index (Phi) is 2.44. The summed E-state index contributed by atoms with van der Waals surface area (Å²) < 4.78 is 5.22. The fourth-order valence-electron chi connectivity index (χ4n) is 1.92. The lowest BCUT2D eigenvalue weighted by atomic mass is 9.92. The first kappa shape index (κ1) is 8.23. The van der Waals surface area contributed by atoms with Crippen molar-refractivity contribution in [3.05, 3.63) is 11.6 Å². The van der Waals surface area contributed by atoms with Gasteiger partial charge in [0.1, 0.15) is 0 Å². The van der Waals surface area contributed by atoms with Gasteiger partial charge in [-0.2, -0.15) is 0 Å². The van der Waals surface area contributed by atoms with Gasteiger partial charge in [0.15, 0.2) is 0 Å². The van der Waals surface area contributed by atoms with Gasteiger partial charge >= 0.3 is 0 Å². The number of ether oxygens (including phenoxy) is 1. The summed E-state index contributed by atoms with van der Waals surface area (Å²) in [7, 11) is 0. The molecule has 0 bridgehead atoms. The van der Waals surface area contributed by atoms with Crippen molar-refractivity contribution >= 4 is 0 Å². The highest BCUT2D eigenvalue weighted by Crippen LogP contribution is 2.23. The number of nitrogens with one attached hydrogen (secondary N) is 1. The quantitative estimate of drug-likeness (QED) is 0.539. The standard InChI is InChI=1S/C9H15NO2/c11-9-6-10-5-8(9)7-1-3-12-4-2-7/h1,8-11H,2-6H2. The van der Waals surface area contributed by atoms with Crippen LogP contribution in [0, 0.1) is 5.92 Å². The van der Waals surface area contributed by atoms with E-state index in [0.29, 0.717) is 5.92 Å². The van der Waals surface area contributed by atoms with Crippen LogP contribution < -0.4 is 5.32 Å². The Labute approximate surface area is 72.4 Å². The number of hydrogen-bond acceptors (Lipinski definition) is 3. The Balaban J connectivity index is 2.02. The van der Waals surface area contributed by atoms with Gasteiger partial charge in [0.25, 0.3) is 0 Å². The van der Waals surface area contributed by atoms with Crippen molar-refractivity contribution in [2.75, 3.05) is 26.3 Å². The monoisotopic (exact) mass is 169 g/mol. The smallest absolute Gasteiger partial charge is 0.0741 e. The molecule has 0 aromatic carbocycles. The van der Waals surface area contributed by atoms with Crippen LogP contribution in [0.2, 0.25) is 0 Å². The number of hydrogen-bond donors (Lipinski definition) is 2. The van der Waals surface area contributed by atoms with E-state index < -0.39 is 0 Å². The summed E-state index contributed by atoms with van der Waals surface area (Å²) in [5, 5.41) is 12.8. The van der Waals surface area contributed by atoms with Gasteiger partial charge in [-0.1, -0.05) is 11.6 Å². The molecule has 1 saturated heterocycles. The molecule has 0 saturated carbocycles. The Bertz CT molecular complexity index is 191. The molecule has 0 spiro atoms. The number of aliphatic hydroxyl groups is 1. The SMILES string of the molecule is OC1CNCC1C1=CCOCC1. The summed E-state index contributed by atoms with van der Waals surface area (Å²) in [5.41, 5.74) is 1.37. The molecule has 0 radical (unpaired) electrons. The second-order valence-corrected chi connectivity index (χ2v) is 3.44. The third-order valence-electron chi connectivity index (χ3n) is 2.66. The molecule has 1 fully saturated rings. The minimum atomic E-state index is -0.186. The van der Waals surface area contributed by atoms with Crippen molar-refractivity contribution < 1.29 is 9.84 Å². The van der Waals surface area contributed by atoms with Crippen LogP contribution in [0.15, 0.2) is 11.6 Å². The highest BCUT2D eigenvalue weighted by Gasteiger charge is 2.28. The highest BCUT2D eigenvalue weighted by molar-refractivity contribution is 5.13. The molecule has 2 heterocycles. The summed E-state index contributed by atoms with van der Waals surface area (Å²) in [6.45, 7) is 3.20. The van der Waals surface area contributed by atoms with Crippen LogP contribution in [0.25, 0.3) is 0 Å². The maximum absolute atomic E-state index is 9.60. The van der Waals surface area contributed by atoms with Crippen molar-refractivity contribution in [1.82, 2.24) is 5.32 Å². The van der Waals surface area contributed by atoms with Crippen LogP contribution in [0.5, 0.6) is 0 Å². The lowest BCUT2D eigenvalue weighted by molar-refractivity contribution is 0.131. The summed E-state index contributed by atoms with van der Waals surface area (Å²) in [6, 6.07) is 0. The molecule has 3 heteroatoms. The Morgan fingerprint density at radius 1 is 1.50 bits per heavy atom. The fourth-order valence-corrected chi connectivity index (χ4v) is 1.92. The van der Waals surface area contributed by atoms with Crippen molar-refractivity contribution in [2.45, 2.75) is 12.5 Å². The molecule has 3 nitrogen and oxygen atoms in total. The van der Waals surface area contributed by atoms with Crippen molar-refractivity contribution in [1.29, 1.82) is 0 Å². The molecule has 12 heavy (non-hydrogen) atoms. The Hall–Kier alpha value is -0.380. The summed E-state index contributed by atoms with van der Waals surface area (Å²) >= 11 is 0. The van der Waals surface area contributed by atoms with Crippen LogP contribution in [0.3, 0.4) is 0 Å². The summed E-state index contributed by atoms with van der Waals surface area (Å²) in [4.78, 5) is 0. The second-order valence-electron chi connectivity index (χ2n) is 3.44. The van der Waals surface area contributed by atoms with Gasteiger partial charge in [-0.3, -0.25) is 0 Å². The van der Waals surface area contributed by atoms with Crippen LogP contribution in [-0.4, -0.2) is 37.5 Å². The summed E-state index contributed by atoms with van der Waals surface area (Å²) in [5.74, 6) is 0.342. The predicted molar refractivity (Wildman–Crippen MR) is 45.9 cm³/mol. The fraction of sp³-hybridized carbons (Fsp3) is 0.778. The van der Waals surface area contributed by atoms with Gasteiger partial charge in [-0.15, -0.1) is 0 Å².